The molecule has 1 aromatic carbocycles. The van der Waals surface area contributed by atoms with Crippen molar-refractivity contribution >= 4 is 5.91 Å². The van der Waals surface area contributed by atoms with Gasteiger partial charge in [-0.05, 0) is 30.7 Å². The van der Waals surface area contributed by atoms with Crippen LogP contribution in [0.1, 0.15) is 12.0 Å². The summed E-state index contributed by atoms with van der Waals surface area (Å²) in [5, 5.41) is 3.17. The summed E-state index contributed by atoms with van der Waals surface area (Å²) in [4.78, 5) is 10.5. The number of hydrogen-bond acceptors (Lipinski definition) is 4. The number of primary amides is 1. The van der Waals surface area contributed by atoms with Crippen molar-refractivity contribution in [2.45, 2.75) is 12.8 Å². The maximum absolute atomic E-state index is 10.5. The molecular weight excluding hydrogens is 232 g/mol. The third kappa shape index (κ3) is 3.63. The Balaban J connectivity index is 1.77. The Morgan fingerprint density at radius 3 is 2.78 bits per heavy atom. The molecule has 1 heterocycles. The first kappa shape index (κ1) is 12.7. The maximum atomic E-state index is 10.5. The first-order valence-corrected chi connectivity index (χ1v) is 6.13. The second-order valence-corrected chi connectivity index (χ2v) is 4.19. The third-order valence-electron chi connectivity index (χ3n) is 2.75. The van der Waals surface area contributed by atoms with Gasteiger partial charge in [0, 0.05) is 13.0 Å². The number of nitrogens with one attached hydrogen (secondary N) is 1. The van der Waals surface area contributed by atoms with Gasteiger partial charge >= 0.3 is 0 Å². The van der Waals surface area contributed by atoms with Gasteiger partial charge < -0.3 is 20.5 Å². The van der Waals surface area contributed by atoms with E-state index in [9.17, 15) is 4.79 Å². The summed E-state index contributed by atoms with van der Waals surface area (Å²) in [6, 6.07) is 5.97. The highest BCUT2D eigenvalue weighted by molar-refractivity contribution is 5.73. The summed E-state index contributed by atoms with van der Waals surface area (Å²) >= 11 is 0. The zero-order chi connectivity index (χ0) is 12.8. The van der Waals surface area contributed by atoms with Gasteiger partial charge in [-0.25, -0.2) is 0 Å². The molecule has 1 amide bonds. The summed E-state index contributed by atoms with van der Waals surface area (Å²) in [5.41, 5.74) is 6.24. The van der Waals surface area contributed by atoms with Crippen molar-refractivity contribution in [2.24, 2.45) is 5.73 Å². The standard InChI is InChI=1S/C13H18N2O3/c14-13(16)4-6-15-5-3-10-1-2-11-12(9-10)18-8-7-17-11/h1-2,9,15H,3-8H2,(H2,14,16). The van der Waals surface area contributed by atoms with Gasteiger partial charge in [-0.2, -0.15) is 0 Å². The first-order chi connectivity index (χ1) is 8.75. The molecule has 5 heteroatoms. The monoisotopic (exact) mass is 250 g/mol. The highest BCUT2D eigenvalue weighted by atomic mass is 16.6. The van der Waals surface area contributed by atoms with Crippen LogP contribution in [-0.4, -0.2) is 32.2 Å². The minimum atomic E-state index is -0.276. The van der Waals surface area contributed by atoms with E-state index >= 15 is 0 Å². The normalized spacial score (nSPS) is 13.3. The number of fused-ring (bicyclic) bond motifs is 1. The predicted molar refractivity (Wildman–Crippen MR) is 67.8 cm³/mol. The van der Waals surface area contributed by atoms with Crippen molar-refractivity contribution in [1.82, 2.24) is 5.32 Å². The molecule has 0 saturated carbocycles. The molecule has 3 N–H and O–H groups in total. The number of carbonyl (C=O) groups excluding carboxylic acids is 1. The SMILES string of the molecule is NC(=O)CCNCCc1ccc2c(c1)OCCO2. The minimum absolute atomic E-state index is 0.276. The molecule has 0 spiro atoms. The van der Waals surface area contributed by atoms with Crippen LogP contribution >= 0.6 is 0 Å². The quantitative estimate of drug-likeness (QED) is 0.720. The van der Waals surface area contributed by atoms with Gasteiger partial charge in [-0.15, -0.1) is 0 Å². The lowest BCUT2D eigenvalue weighted by molar-refractivity contribution is -0.117. The first-order valence-electron chi connectivity index (χ1n) is 6.13. The Kier molecular flexibility index (Phi) is 4.41. The Hall–Kier alpha value is -1.75. The molecule has 0 fully saturated rings. The number of ether oxygens (including phenoxy) is 2. The van der Waals surface area contributed by atoms with Gasteiger partial charge in [0.25, 0.3) is 0 Å². The van der Waals surface area contributed by atoms with Gasteiger partial charge in [0.2, 0.25) is 5.91 Å². The van der Waals surface area contributed by atoms with Crippen molar-refractivity contribution in [2.75, 3.05) is 26.3 Å². The lowest BCUT2D eigenvalue weighted by Gasteiger charge is -2.18. The highest BCUT2D eigenvalue weighted by Gasteiger charge is 2.11. The number of nitrogens with two attached hydrogens (primary N) is 1. The molecule has 2 rings (SSSR count). The lowest BCUT2D eigenvalue weighted by Crippen LogP contribution is -2.23. The van der Waals surface area contributed by atoms with E-state index in [4.69, 9.17) is 15.2 Å². The molecule has 18 heavy (non-hydrogen) atoms. The van der Waals surface area contributed by atoms with E-state index in [0.717, 1.165) is 24.5 Å². The Morgan fingerprint density at radius 1 is 1.22 bits per heavy atom. The molecule has 98 valence electrons. The third-order valence-corrected chi connectivity index (χ3v) is 2.75. The average molecular weight is 250 g/mol. The number of amides is 1. The van der Waals surface area contributed by atoms with Crippen LogP contribution < -0.4 is 20.5 Å². The van der Waals surface area contributed by atoms with Crippen molar-refractivity contribution in [1.29, 1.82) is 0 Å². The summed E-state index contributed by atoms with van der Waals surface area (Å²) in [5.74, 6) is 1.35. The van der Waals surface area contributed by atoms with Crippen molar-refractivity contribution in [3.63, 3.8) is 0 Å². The van der Waals surface area contributed by atoms with Crippen molar-refractivity contribution < 1.29 is 14.3 Å². The fourth-order valence-corrected chi connectivity index (χ4v) is 1.81. The van der Waals surface area contributed by atoms with Crippen LogP contribution in [0.5, 0.6) is 11.5 Å². The molecule has 1 aliphatic rings. The van der Waals surface area contributed by atoms with Crippen LogP contribution in [-0.2, 0) is 11.2 Å². The summed E-state index contributed by atoms with van der Waals surface area (Å²) in [6.45, 7) is 2.65. The highest BCUT2D eigenvalue weighted by Crippen LogP contribution is 2.30. The second kappa shape index (κ2) is 6.26. The predicted octanol–water partition coefficient (Wildman–Crippen LogP) is 0.465. The van der Waals surface area contributed by atoms with Crippen molar-refractivity contribution in [3.8, 4) is 11.5 Å². The number of benzene rings is 1. The summed E-state index contributed by atoms with van der Waals surface area (Å²) < 4.78 is 11.0. The van der Waals surface area contributed by atoms with Crippen LogP contribution in [0.2, 0.25) is 0 Å². The van der Waals surface area contributed by atoms with E-state index in [-0.39, 0.29) is 5.91 Å². The molecule has 0 radical (unpaired) electrons. The molecule has 0 atom stereocenters. The van der Waals surface area contributed by atoms with Gasteiger partial charge in [0.1, 0.15) is 13.2 Å². The second-order valence-electron chi connectivity index (χ2n) is 4.19. The van der Waals surface area contributed by atoms with E-state index in [0.29, 0.717) is 26.2 Å². The molecule has 1 aliphatic heterocycles. The van der Waals surface area contributed by atoms with E-state index in [1.165, 1.54) is 5.56 Å². The number of hydrogen-bond donors (Lipinski definition) is 2. The van der Waals surface area contributed by atoms with E-state index < -0.39 is 0 Å². The van der Waals surface area contributed by atoms with Gasteiger partial charge in [-0.1, -0.05) is 6.07 Å². The topological polar surface area (TPSA) is 73.6 Å². The molecule has 0 bridgehead atoms. The average Bonchev–Trinajstić information content (AvgIpc) is 2.38. The molecule has 5 nitrogen and oxygen atoms in total. The number of rotatable bonds is 6. The fourth-order valence-electron chi connectivity index (χ4n) is 1.81. The zero-order valence-electron chi connectivity index (χ0n) is 10.3. The van der Waals surface area contributed by atoms with Crippen LogP contribution in [0.15, 0.2) is 18.2 Å². The van der Waals surface area contributed by atoms with Gasteiger partial charge in [0.15, 0.2) is 11.5 Å². The Labute approximate surface area is 106 Å². The molecule has 0 aromatic heterocycles. The smallest absolute Gasteiger partial charge is 0.218 e. The van der Waals surface area contributed by atoms with E-state index in [2.05, 4.69) is 5.32 Å². The van der Waals surface area contributed by atoms with Crippen LogP contribution in [0.3, 0.4) is 0 Å². The maximum Gasteiger partial charge on any atom is 0.218 e. The lowest BCUT2D eigenvalue weighted by atomic mass is 10.1. The Bertz CT molecular complexity index is 421. The summed E-state index contributed by atoms with van der Waals surface area (Å²) in [7, 11) is 0. The van der Waals surface area contributed by atoms with Crippen LogP contribution in [0.4, 0.5) is 0 Å². The molecular formula is C13H18N2O3. The molecule has 1 aromatic rings. The molecule has 0 unspecified atom stereocenters. The van der Waals surface area contributed by atoms with E-state index in [1.54, 1.807) is 0 Å². The summed E-state index contributed by atoms with van der Waals surface area (Å²) in [6.07, 6.45) is 1.26. The molecule has 0 saturated heterocycles. The van der Waals surface area contributed by atoms with E-state index in [1.807, 2.05) is 18.2 Å². The van der Waals surface area contributed by atoms with Gasteiger partial charge in [0.05, 0.1) is 0 Å². The van der Waals surface area contributed by atoms with Crippen molar-refractivity contribution in [3.05, 3.63) is 23.8 Å². The van der Waals surface area contributed by atoms with Crippen LogP contribution in [0.25, 0.3) is 0 Å². The van der Waals surface area contributed by atoms with Crippen LogP contribution in [0, 0.1) is 0 Å². The largest absolute Gasteiger partial charge is 0.486 e. The fraction of sp³-hybridized carbons (Fsp3) is 0.462. The molecule has 0 aliphatic carbocycles. The number of carbonyl (C=O) groups is 1. The van der Waals surface area contributed by atoms with Gasteiger partial charge in [-0.3, -0.25) is 4.79 Å². The Morgan fingerprint density at radius 2 is 2.00 bits per heavy atom. The zero-order valence-corrected chi connectivity index (χ0v) is 10.3. The minimum Gasteiger partial charge on any atom is -0.486 e.